The molecule has 0 saturated carbocycles. The molecule has 6 nitrogen and oxygen atoms in total. The molecule has 0 saturated heterocycles. The number of hydrogen-bond donors (Lipinski definition) is 2. The Hall–Kier alpha value is -2.89. The van der Waals surface area contributed by atoms with E-state index in [1.165, 1.54) is 23.2 Å². The smallest absolute Gasteiger partial charge is 0.254 e. The number of carbonyl (C=O) groups excluding carboxylic acids is 2. The lowest BCUT2D eigenvalue weighted by molar-refractivity contribution is -0.116. The molecule has 1 aliphatic rings. The van der Waals surface area contributed by atoms with Gasteiger partial charge in [0.05, 0.1) is 0 Å². The number of fused-ring (bicyclic) bond motifs is 1. The Morgan fingerprint density at radius 2 is 1.90 bits per heavy atom. The normalized spacial score (nSPS) is 14.1. The van der Waals surface area contributed by atoms with Gasteiger partial charge in [0.25, 0.3) is 5.91 Å². The standard InChI is InChI=1S/C15H13N3O3/c19-13-7-10(5-6-16-13)15(21)18-8-11-3-1-2-4-12(11)17-14(20)9-18/h1-7H,8-9H2,(H,16,19)(H,17,20). The minimum absolute atomic E-state index is 0.0414. The Labute approximate surface area is 120 Å². The highest BCUT2D eigenvalue weighted by Crippen LogP contribution is 2.21. The van der Waals surface area contributed by atoms with Gasteiger partial charge in [-0.25, -0.2) is 0 Å². The quantitative estimate of drug-likeness (QED) is 0.818. The Bertz CT molecular complexity index is 767. The van der Waals surface area contributed by atoms with Gasteiger partial charge in [0, 0.05) is 30.1 Å². The molecule has 0 spiro atoms. The third-order valence-electron chi connectivity index (χ3n) is 3.30. The van der Waals surface area contributed by atoms with Crippen molar-refractivity contribution in [3.05, 3.63) is 64.1 Å². The lowest BCUT2D eigenvalue weighted by Gasteiger charge is -2.19. The van der Waals surface area contributed by atoms with Crippen molar-refractivity contribution in [2.75, 3.05) is 11.9 Å². The minimum atomic E-state index is -0.347. The number of nitrogens with zero attached hydrogens (tertiary/aromatic N) is 1. The third-order valence-corrected chi connectivity index (χ3v) is 3.30. The third kappa shape index (κ3) is 2.69. The van der Waals surface area contributed by atoms with E-state index in [2.05, 4.69) is 10.3 Å². The van der Waals surface area contributed by atoms with Crippen LogP contribution in [0.3, 0.4) is 0 Å². The molecule has 2 heterocycles. The molecule has 1 aliphatic heterocycles. The first-order valence-electron chi connectivity index (χ1n) is 6.49. The zero-order valence-electron chi connectivity index (χ0n) is 11.1. The highest BCUT2D eigenvalue weighted by Gasteiger charge is 2.23. The largest absolute Gasteiger partial charge is 0.329 e. The van der Waals surface area contributed by atoms with Crippen LogP contribution >= 0.6 is 0 Å². The summed E-state index contributed by atoms with van der Waals surface area (Å²) in [5.41, 5.74) is 1.50. The Morgan fingerprint density at radius 3 is 2.71 bits per heavy atom. The zero-order chi connectivity index (χ0) is 14.8. The molecule has 1 aromatic carbocycles. The SMILES string of the molecule is O=C1CN(C(=O)c2cc[nH]c(=O)c2)Cc2ccccc2N1. The molecule has 3 rings (SSSR count). The Balaban J connectivity index is 1.94. The lowest BCUT2D eigenvalue weighted by atomic mass is 10.1. The number of hydrogen-bond acceptors (Lipinski definition) is 3. The van der Waals surface area contributed by atoms with Gasteiger partial charge >= 0.3 is 0 Å². The van der Waals surface area contributed by atoms with E-state index in [9.17, 15) is 14.4 Å². The molecule has 0 atom stereocenters. The van der Waals surface area contributed by atoms with Crippen molar-refractivity contribution in [2.24, 2.45) is 0 Å². The van der Waals surface area contributed by atoms with Crippen molar-refractivity contribution >= 4 is 17.5 Å². The van der Waals surface area contributed by atoms with Crippen LogP contribution in [-0.4, -0.2) is 28.2 Å². The summed E-state index contributed by atoms with van der Waals surface area (Å²) >= 11 is 0. The summed E-state index contributed by atoms with van der Waals surface area (Å²) < 4.78 is 0. The molecular weight excluding hydrogens is 270 g/mol. The number of anilines is 1. The van der Waals surface area contributed by atoms with E-state index >= 15 is 0 Å². The Morgan fingerprint density at radius 1 is 1.10 bits per heavy atom. The van der Waals surface area contributed by atoms with E-state index in [1.54, 1.807) is 6.07 Å². The van der Waals surface area contributed by atoms with Gasteiger partial charge in [-0.15, -0.1) is 0 Å². The summed E-state index contributed by atoms with van der Waals surface area (Å²) in [7, 11) is 0. The van der Waals surface area contributed by atoms with Crippen LogP contribution in [0.2, 0.25) is 0 Å². The number of rotatable bonds is 1. The van der Waals surface area contributed by atoms with Gasteiger partial charge in [-0.3, -0.25) is 14.4 Å². The fourth-order valence-corrected chi connectivity index (χ4v) is 2.31. The molecule has 2 aromatic rings. The molecule has 0 fully saturated rings. The van der Waals surface area contributed by atoms with Gasteiger partial charge in [-0.05, 0) is 17.7 Å². The number of carbonyl (C=O) groups is 2. The number of pyridine rings is 1. The summed E-state index contributed by atoms with van der Waals surface area (Å²) in [6, 6.07) is 10.1. The topological polar surface area (TPSA) is 82.3 Å². The van der Waals surface area contributed by atoms with Crippen LogP contribution in [0, 0.1) is 0 Å². The van der Waals surface area contributed by atoms with Gasteiger partial charge in [-0.2, -0.15) is 0 Å². The average Bonchev–Trinajstić information content (AvgIpc) is 2.64. The summed E-state index contributed by atoms with van der Waals surface area (Å²) in [6.07, 6.45) is 1.42. The summed E-state index contributed by atoms with van der Waals surface area (Å²) in [5, 5.41) is 2.77. The minimum Gasteiger partial charge on any atom is -0.329 e. The monoisotopic (exact) mass is 283 g/mol. The second-order valence-corrected chi connectivity index (χ2v) is 4.81. The van der Waals surface area contributed by atoms with E-state index in [0.29, 0.717) is 12.2 Å². The predicted molar refractivity (Wildman–Crippen MR) is 76.9 cm³/mol. The van der Waals surface area contributed by atoms with Gasteiger partial charge in [0.15, 0.2) is 0 Å². The van der Waals surface area contributed by atoms with Crippen LogP contribution in [0.25, 0.3) is 0 Å². The fourth-order valence-electron chi connectivity index (χ4n) is 2.31. The van der Waals surface area contributed by atoms with Gasteiger partial charge in [-0.1, -0.05) is 18.2 Å². The molecule has 6 heteroatoms. The number of para-hydroxylation sites is 1. The van der Waals surface area contributed by atoms with Crippen molar-refractivity contribution < 1.29 is 9.59 Å². The van der Waals surface area contributed by atoms with Gasteiger partial charge < -0.3 is 15.2 Å². The number of nitrogens with one attached hydrogen (secondary N) is 2. The van der Waals surface area contributed by atoms with Crippen molar-refractivity contribution in [1.29, 1.82) is 0 Å². The molecule has 2 amide bonds. The Kier molecular flexibility index (Phi) is 3.27. The van der Waals surface area contributed by atoms with Crippen LogP contribution in [0.5, 0.6) is 0 Å². The predicted octanol–water partition coefficient (Wildman–Crippen LogP) is 0.969. The maximum Gasteiger partial charge on any atom is 0.254 e. The summed E-state index contributed by atoms with van der Waals surface area (Å²) in [6.45, 7) is 0.279. The maximum absolute atomic E-state index is 12.5. The van der Waals surface area contributed by atoms with Crippen LogP contribution < -0.4 is 10.9 Å². The molecular formula is C15H13N3O3. The first-order chi connectivity index (χ1) is 10.1. The van der Waals surface area contributed by atoms with Crippen LogP contribution in [0.1, 0.15) is 15.9 Å². The number of amides is 2. The molecule has 0 aliphatic carbocycles. The lowest BCUT2D eigenvalue weighted by Crippen LogP contribution is -2.35. The fraction of sp³-hybridized carbons (Fsp3) is 0.133. The first kappa shape index (κ1) is 13.1. The molecule has 0 radical (unpaired) electrons. The van der Waals surface area contributed by atoms with Crippen molar-refractivity contribution in [1.82, 2.24) is 9.88 Å². The van der Waals surface area contributed by atoms with E-state index < -0.39 is 0 Å². The van der Waals surface area contributed by atoms with E-state index in [1.807, 2.05) is 18.2 Å². The summed E-state index contributed by atoms with van der Waals surface area (Å²) in [4.78, 5) is 39.5. The second kappa shape index (κ2) is 5.24. The van der Waals surface area contributed by atoms with Crippen molar-refractivity contribution in [3.63, 3.8) is 0 Å². The molecule has 21 heavy (non-hydrogen) atoms. The maximum atomic E-state index is 12.5. The number of aromatic amines is 1. The van der Waals surface area contributed by atoms with Gasteiger partial charge in [0.1, 0.15) is 6.54 Å². The molecule has 106 valence electrons. The molecule has 0 bridgehead atoms. The average molecular weight is 283 g/mol. The van der Waals surface area contributed by atoms with E-state index in [4.69, 9.17) is 0 Å². The van der Waals surface area contributed by atoms with Crippen molar-refractivity contribution in [3.8, 4) is 0 Å². The van der Waals surface area contributed by atoms with Crippen LogP contribution in [-0.2, 0) is 11.3 Å². The first-order valence-corrected chi connectivity index (χ1v) is 6.49. The zero-order valence-corrected chi connectivity index (χ0v) is 11.1. The van der Waals surface area contributed by atoms with Crippen LogP contribution in [0.4, 0.5) is 5.69 Å². The highest BCUT2D eigenvalue weighted by molar-refractivity contribution is 6.00. The van der Waals surface area contributed by atoms with E-state index in [-0.39, 0.29) is 29.5 Å². The number of H-pyrrole nitrogens is 1. The highest BCUT2D eigenvalue weighted by atomic mass is 16.2. The molecule has 1 aromatic heterocycles. The van der Waals surface area contributed by atoms with Crippen molar-refractivity contribution in [2.45, 2.75) is 6.54 Å². The second-order valence-electron chi connectivity index (χ2n) is 4.81. The molecule has 2 N–H and O–H groups in total. The summed E-state index contributed by atoms with van der Waals surface area (Å²) in [5.74, 6) is -0.592. The van der Waals surface area contributed by atoms with Gasteiger partial charge in [0.2, 0.25) is 11.5 Å². The number of benzene rings is 1. The van der Waals surface area contributed by atoms with Crippen LogP contribution in [0.15, 0.2) is 47.4 Å². The number of aromatic nitrogens is 1. The van der Waals surface area contributed by atoms with E-state index in [0.717, 1.165) is 5.56 Å². The molecule has 0 unspecified atom stereocenters.